The van der Waals surface area contributed by atoms with E-state index in [9.17, 15) is 24.0 Å². The van der Waals surface area contributed by atoms with Gasteiger partial charge >= 0.3 is 0 Å². The van der Waals surface area contributed by atoms with Crippen LogP contribution in [-0.4, -0.2) is 53.7 Å². The molecule has 0 spiro atoms. The van der Waals surface area contributed by atoms with Crippen LogP contribution in [0.4, 0.5) is 0 Å². The molecule has 1 fully saturated rings. The fourth-order valence-electron chi connectivity index (χ4n) is 4.54. The van der Waals surface area contributed by atoms with E-state index in [1.165, 1.54) is 0 Å². The number of aryl methyl sites for hydroxylation is 1. The highest BCUT2D eigenvalue weighted by Crippen LogP contribution is 2.17. The van der Waals surface area contributed by atoms with Gasteiger partial charge in [0.1, 0.15) is 23.7 Å². The number of carbonyl (C=O) groups excluding carboxylic acids is 5. The van der Waals surface area contributed by atoms with Gasteiger partial charge in [0.05, 0.1) is 0 Å². The normalized spacial score (nSPS) is 24.4. The summed E-state index contributed by atoms with van der Waals surface area (Å²) >= 11 is 0. The third-order valence-corrected chi connectivity index (χ3v) is 7.26. The van der Waals surface area contributed by atoms with E-state index in [1.807, 2.05) is 30.3 Å². The van der Waals surface area contributed by atoms with Gasteiger partial charge in [0.15, 0.2) is 0 Å². The first-order valence-electron chi connectivity index (χ1n) is 14.1. The average Bonchev–Trinajstić information content (AvgIpc) is 2.96. The van der Waals surface area contributed by atoms with Gasteiger partial charge < -0.3 is 26.6 Å². The van der Waals surface area contributed by atoms with E-state index in [4.69, 9.17) is 0 Å². The largest absolute Gasteiger partial charge is 0.354 e. The first-order chi connectivity index (χ1) is 19.5. The Morgan fingerprint density at radius 1 is 0.878 bits per heavy atom. The van der Waals surface area contributed by atoms with Gasteiger partial charge in [-0.05, 0) is 43.7 Å². The zero-order chi connectivity index (χ0) is 30.0. The second-order valence-electron chi connectivity index (χ2n) is 10.9. The third-order valence-electron chi connectivity index (χ3n) is 7.26. The lowest BCUT2D eigenvalue weighted by Crippen LogP contribution is -2.63. The molecule has 10 nitrogen and oxygen atoms in total. The molecule has 41 heavy (non-hydrogen) atoms. The molecule has 3 rings (SSSR count). The second kappa shape index (κ2) is 14.4. The molecular formula is C31H41N5O5. The van der Waals surface area contributed by atoms with Crippen molar-refractivity contribution in [2.45, 2.75) is 77.0 Å². The lowest BCUT2D eigenvalue weighted by Gasteiger charge is -2.33. The SMILES string of the molecule is CC[C@@H]1NC(=O)C(CCc2ccccc2)NC(=O)[C@](C)(NC(=O)C(C)C)CCNC(=O)[C@@H](c2ccccc2)NC1=O. The predicted octanol–water partition coefficient (Wildman–Crippen LogP) is 1.91. The molecule has 2 aromatic carbocycles. The van der Waals surface area contributed by atoms with E-state index in [2.05, 4.69) is 26.6 Å². The number of hydrogen-bond acceptors (Lipinski definition) is 5. The van der Waals surface area contributed by atoms with Crippen LogP contribution in [0.15, 0.2) is 60.7 Å². The van der Waals surface area contributed by atoms with E-state index in [0.717, 1.165) is 5.56 Å². The highest BCUT2D eigenvalue weighted by molar-refractivity contribution is 5.97. The molecule has 1 heterocycles. The van der Waals surface area contributed by atoms with Gasteiger partial charge in [-0.1, -0.05) is 81.4 Å². The predicted molar refractivity (Wildman–Crippen MR) is 155 cm³/mol. The van der Waals surface area contributed by atoms with Crippen LogP contribution in [0, 0.1) is 5.92 Å². The summed E-state index contributed by atoms with van der Waals surface area (Å²) in [7, 11) is 0. The fourth-order valence-corrected chi connectivity index (χ4v) is 4.54. The maximum atomic E-state index is 13.7. The summed E-state index contributed by atoms with van der Waals surface area (Å²) in [6.45, 7) is 6.81. The quantitative estimate of drug-likeness (QED) is 0.349. The van der Waals surface area contributed by atoms with Crippen LogP contribution >= 0.6 is 0 Å². The standard InChI is InChI=1S/C31H41N5O5/c1-5-23-27(38)35-25(22-14-10-7-11-15-22)29(40)32-19-18-31(4,36-26(37)20(2)3)30(41)34-24(28(39)33-23)17-16-21-12-8-6-9-13-21/h6-15,20,23-25H,5,16-19H2,1-4H3,(H,32,40)(H,33,39)(H,34,41)(H,35,38)(H,36,37)/t23-,24?,25+,31+/m0/s1. The molecule has 1 saturated heterocycles. The minimum Gasteiger partial charge on any atom is -0.354 e. The number of carbonyl (C=O) groups is 5. The molecule has 2 aromatic rings. The zero-order valence-corrected chi connectivity index (χ0v) is 24.2. The second-order valence-corrected chi connectivity index (χ2v) is 10.9. The summed E-state index contributed by atoms with van der Waals surface area (Å²) < 4.78 is 0. The van der Waals surface area contributed by atoms with Crippen LogP contribution in [0.3, 0.4) is 0 Å². The molecule has 0 saturated carbocycles. The smallest absolute Gasteiger partial charge is 0.247 e. The number of rotatable bonds is 7. The molecule has 1 aliphatic heterocycles. The number of amides is 5. The summed E-state index contributed by atoms with van der Waals surface area (Å²) in [6, 6.07) is 15.4. The maximum Gasteiger partial charge on any atom is 0.247 e. The van der Waals surface area contributed by atoms with Crippen LogP contribution in [-0.2, 0) is 30.4 Å². The fraction of sp³-hybridized carbons (Fsp3) is 0.452. The number of benzene rings is 2. The molecule has 1 aliphatic rings. The molecule has 0 aliphatic carbocycles. The van der Waals surface area contributed by atoms with Gasteiger partial charge in [0.25, 0.3) is 0 Å². The maximum absolute atomic E-state index is 13.7. The molecule has 4 atom stereocenters. The molecule has 0 aromatic heterocycles. The van der Waals surface area contributed by atoms with Crippen LogP contribution in [0.5, 0.6) is 0 Å². The Balaban J connectivity index is 1.96. The Morgan fingerprint density at radius 3 is 2.10 bits per heavy atom. The van der Waals surface area contributed by atoms with Crippen molar-refractivity contribution >= 4 is 29.5 Å². The average molecular weight is 564 g/mol. The molecule has 10 heteroatoms. The van der Waals surface area contributed by atoms with Crippen molar-refractivity contribution in [1.29, 1.82) is 0 Å². The van der Waals surface area contributed by atoms with Crippen molar-refractivity contribution in [3.8, 4) is 0 Å². The van der Waals surface area contributed by atoms with Crippen molar-refractivity contribution < 1.29 is 24.0 Å². The van der Waals surface area contributed by atoms with Gasteiger partial charge in [-0.25, -0.2) is 0 Å². The Kier molecular flexibility index (Phi) is 11.0. The highest BCUT2D eigenvalue weighted by Gasteiger charge is 2.38. The Morgan fingerprint density at radius 2 is 1.49 bits per heavy atom. The van der Waals surface area contributed by atoms with Gasteiger partial charge in [0, 0.05) is 12.5 Å². The van der Waals surface area contributed by atoms with E-state index in [1.54, 1.807) is 58.0 Å². The summed E-state index contributed by atoms with van der Waals surface area (Å²) in [5.41, 5.74) is 0.142. The summed E-state index contributed by atoms with van der Waals surface area (Å²) in [5, 5.41) is 14.0. The van der Waals surface area contributed by atoms with Crippen LogP contribution in [0.1, 0.15) is 64.1 Å². The van der Waals surface area contributed by atoms with Crippen LogP contribution in [0.25, 0.3) is 0 Å². The summed E-state index contributed by atoms with van der Waals surface area (Å²) in [5.74, 6) is -2.77. The summed E-state index contributed by atoms with van der Waals surface area (Å²) in [4.78, 5) is 66.5. The molecule has 1 unspecified atom stereocenters. The Labute approximate surface area is 241 Å². The zero-order valence-electron chi connectivity index (χ0n) is 24.2. The molecule has 0 radical (unpaired) electrons. The first-order valence-corrected chi connectivity index (χ1v) is 14.1. The van der Waals surface area contributed by atoms with Crippen molar-refractivity contribution in [2.24, 2.45) is 5.92 Å². The molecule has 220 valence electrons. The molecule has 5 amide bonds. The van der Waals surface area contributed by atoms with Gasteiger partial charge in [-0.2, -0.15) is 0 Å². The highest BCUT2D eigenvalue weighted by atomic mass is 16.2. The van der Waals surface area contributed by atoms with Crippen LogP contribution < -0.4 is 26.6 Å². The third kappa shape index (κ3) is 8.64. The monoisotopic (exact) mass is 563 g/mol. The van der Waals surface area contributed by atoms with Crippen molar-refractivity contribution in [3.05, 3.63) is 71.8 Å². The Hall–Kier alpha value is -4.21. The lowest BCUT2D eigenvalue weighted by atomic mass is 9.93. The van der Waals surface area contributed by atoms with Gasteiger partial charge in [-0.3, -0.25) is 24.0 Å². The van der Waals surface area contributed by atoms with Gasteiger partial charge in [0.2, 0.25) is 29.5 Å². The van der Waals surface area contributed by atoms with E-state index < -0.39 is 47.3 Å². The van der Waals surface area contributed by atoms with Gasteiger partial charge in [-0.15, -0.1) is 0 Å². The first kappa shape index (κ1) is 31.3. The number of hydrogen-bond donors (Lipinski definition) is 5. The van der Waals surface area contributed by atoms with Crippen molar-refractivity contribution in [1.82, 2.24) is 26.6 Å². The van der Waals surface area contributed by atoms with E-state index in [-0.39, 0.29) is 37.6 Å². The lowest BCUT2D eigenvalue weighted by molar-refractivity contribution is -0.138. The molecular weight excluding hydrogens is 522 g/mol. The summed E-state index contributed by atoms with van der Waals surface area (Å²) in [6.07, 6.45) is 1.10. The van der Waals surface area contributed by atoms with Crippen molar-refractivity contribution in [2.75, 3.05) is 6.54 Å². The van der Waals surface area contributed by atoms with Crippen molar-refractivity contribution in [3.63, 3.8) is 0 Å². The molecule has 5 N–H and O–H groups in total. The number of nitrogens with one attached hydrogen (secondary N) is 5. The van der Waals surface area contributed by atoms with Crippen LogP contribution in [0.2, 0.25) is 0 Å². The van der Waals surface area contributed by atoms with E-state index >= 15 is 0 Å². The minimum absolute atomic E-state index is 0.0401. The minimum atomic E-state index is -1.42. The van der Waals surface area contributed by atoms with E-state index in [0.29, 0.717) is 12.0 Å². The molecule has 0 bridgehead atoms. The topological polar surface area (TPSA) is 146 Å². The Bertz CT molecular complexity index is 1220.